The average Bonchev–Trinajstić information content (AvgIpc) is 2.54. The number of benzene rings is 1. The highest BCUT2D eigenvalue weighted by Crippen LogP contribution is 2.15. The summed E-state index contributed by atoms with van der Waals surface area (Å²) in [5.74, 6) is -2.14. The molecule has 0 spiro atoms. The van der Waals surface area contributed by atoms with Gasteiger partial charge in [0.25, 0.3) is 0 Å². The molecule has 0 bridgehead atoms. The lowest BCUT2D eigenvalue weighted by molar-refractivity contribution is -0.124. The summed E-state index contributed by atoms with van der Waals surface area (Å²) in [6.07, 6.45) is -0.137. The number of rotatable bonds is 8. The van der Waals surface area contributed by atoms with Gasteiger partial charge < -0.3 is 21.1 Å². The number of hydrogen-bond donors (Lipinski definition) is 3. The van der Waals surface area contributed by atoms with Crippen LogP contribution in [0, 0.1) is 5.82 Å². The SMILES string of the molecule is CC(C)(C)OC(=O)NC(CCC(N)=O)C(=O)NCc1ccc(S(C)(=O)=O)cc1F. The molecule has 1 aromatic carbocycles. The van der Waals surface area contributed by atoms with Gasteiger partial charge >= 0.3 is 6.09 Å². The molecule has 1 atom stereocenters. The Labute approximate surface area is 169 Å². The van der Waals surface area contributed by atoms with Gasteiger partial charge in [0.05, 0.1) is 4.90 Å². The summed E-state index contributed by atoms with van der Waals surface area (Å²) in [6.45, 7) is 4.69. The first-order valence-corrected chi connectivity index (χ1v) is 10.6. The molecule has 0 aliphatic carbocycles. The fraction of sp³-hybridized carbons (Fsp3) is 0.500. The van der Waals surface area contributed by atoms with E-state index < -0.39 is 45.2 Å². The first-order chi connectivity index (χ1) is 13.2. The van der Waals surface area contributed by atoms with Crippen molar-refractivity contribution >= 4 is 27.7 Å². The maximum absolute atomic E-state index is 14.1. The molecule has 4 N–H and O–H groups in total. The third kappa shape index (κ3) is 8.90. The van der Waals surface area contributed by atoms with E-state index >= 15 is 0 Å². The predicted octanol–water partition coefficient (Wildman–Crippen LogP) is 1.00. The van der Waals surface area contributed by atoms with Crippen LogP contribution in [0.4, 0.5) is 9.18 Å². The van der Waals surface area contributed by atoms with Crippen LogP contribution in [0.2, 0.25) is 0 Å². The molecule has 0 heterocycles. The Morgan fingerprint density at radius 3 is 2.34 bits per heavy atom. The van der Waals surface area contributed by atoms with Crippen molar-refractivity contribution in [2.45, 2.75) is 56.7 Å². The van der Waals surface area contributed by atoms with Crippen molar-refractivity contribution in [3.05, 3.63) is 29.6 Å². The Hall–Kier alpha value is -2.69. The van der Waals surface area contributed by atoms with Gasteiger partial charge in [0, 0.05) is 24.8 Å². The number of sulfone groups is 1. The second-order valence-corrected chi connectivity index (χ2v) is 9.46. The van der Waals surface area contributed by atoms with E-state index in [1.807, 2.05) is 0 Å². The second-order valence-electron chi connectivity index (χ2n) is 7.45. The number of ether oxygens (including phenoxy) is 1. The zero-order chi connectivity index (χ0) is 22.4. The van der Waals surface area contributed by atoms with Crippen molar-refractivity contribution in [1.82, 2.24) is 10.6 Å². The highest BCUT2D eigenvalue weighted by Gasteiger charge is 2.25. The Morgan fingerprint density at radius 2 is 1.86 bits per heavy atom. The average molecular weight is 431 g/mol. The molecule has 9 nitrogen and oxygen atoms in total. The normalized spacial score (nSPS) is 12.7. The summed E-state index contributed by atoms with van der Waals surface area (Å²) < 4.78 is 42.1. The molecule has 11 heteroatoms. The van der Waals surface area contributed by atoms with E-state index in [9.17, 15) is 27.2 Å². The fourth-order valence-corrected chi connectivity index (χ4v) is 2.85. The molecule has 0 aliphatic rings. The second kappa shape index (κ2) is 9.68. The summed E-state index contributed by atoms with van der Waals surface area (Å²) in [7, 11) is -3.56. The quantitative estimate of drug-likeness (QED) is 0.560. The largest absolute Gasteiger partial charge is 0.444 e. The standard InChI is InChI=1S/C18H26FN3O6S/c1-18(2,3)28-17(25)22-14(7-8-15(20)23)16(24)21-10-11-5-6-12(9-13(11)19)29(4,26)27/h5-6,9,14H,7-8,10H2,1-4H3,(H2,20,23)(H,21,24)(H,22,25). The Bertz CT molecular complexity index is 880. The topological polar surface area (TPSA) is 145 Å². The minimum atomic E-state index is -3.56. The Kier molecular flexibility index (Phi) is 8.13. The molecular formula is C18H26FN3O6S. The molecule has 0 fully saturated rings. The number of amides is 3. The zero-order valence-corrected chi connectivity index (χ0v) is 17.6. The van der Waals surface area contributed by atoms with Gasteiger partial charge in [-0.15, -0.1) is 0 Å². The monoisotopic (exact) mass is 431 g/mol. The van der Waals surface area contributed by atoms with Crippen LogP contribution in [0.1, 0.15) is 39.2 Å². The molecule has 0 saturated carbocycles. The van der Waals surface area contributed by atoms with Crippen LogP contribution in [-0.4, -0.2) is 44.2 Å². The van der Waals surface area contributed by atoms with Crippen molar-refractivity contribution in [2.75, 3.05) is 6.26 Å². The fourth-order valence-electron chi connectivity index (χ4n) is 2.21. The van der Waals surface area contributed by atoms with E-state index in [0.717, 1.165) is 12.3 Å². The molecule has 0 radical (unpaired) electrons. The van der Waals surface area contributed by atoms with Gasteiger partial charge in [-0.05, 0) is 39.3 Å². The lowest BCUT2D eigenvalue weighted by atomic mass is 10.1. The molecule has 162 valence electrons. The molecule has 1 rings (SSSR count). The van der Waals surface area contributed by atoms with Crippen molar-refractivity contribution in [3.8, 4) is 0 Å². The van der Waals surface area contributed by atoms with E-state index in [2.05, 4.69) is 10.6 Å². The predicted molar refractivity (Wildman–Crippen MR) is 103 cm³/mol. The number of carbonyl (C=O) groups is 3. The first-order valence-electron chi connectivity index (χ1n) is 8.73. The summed E-state index contributed by atoms with van der Waals surface area (Å²) in [5, 5.41) is 4.79. The highest BCUT2D eigenvalue weighted by molar-refractivity contribution is 7.90. The van der Waals surface area contributed by atoms with Gasteiger partial charge in [0.1, 0.15) is 17.5 Å². The number of primary amides is 1. The van der Waals surface area contributed by atoms with Gasteiger partial charge in [-0.2, -0.15) is 0 Å². The summed E-state index contributed by atoms with van der Waals surface area (Å²) in [4.78, 5) is 35.2. The highest BCUT2D eigenvalue weighted by atomic mass is 32.2. The number of nitrogens with one attached hydrogen (secondary N) is 2. The minimum absolute atomic E-state index is 0.0525. The van der Waals surface area contributed by atoms with E-state index in [0.29, 0.717) is 0 Å². The third-order valence-electron chi connectivity index (χ3n) is 3.59. The van der Waals surface area contributed by atoms with Crippen molar-refractivity contribution in [2.24, 2.45) is 5.73 Å². The number of alkyl carbamates (subject to hydrolysis) is 1. The third-order valence-corrected chi connectivity index (χ3v) is 4.70. The van der Waals surface area contributed by atoms with Crippen LogP contribution >= 0.6 is 0 Å². The van der Waals surface area contributed by atoms with Crippen LogP contribution < -0.4 is 16.4 Å². The summed E-state index contributed by atoms with van der Waals surface area (Å²) in [6, 6.07) is 2.20. The lowest BCUT2D eigenvalue weighted by Crippen LogP contribution is -2.48. The molecule has 0 aromatic heterocycles. The van der Waals surface area contributed by atoms with Crippen LogP contribution in [-0.2, 0) is 30.7 Å². The van der Waals surface area contributed by atoms with Crippen molar-refractivity contribution < 1.29 is 31.9 Å². The molecular weight excluding hydrogens is 405 g/mol. The van der Waals surface area contributed by atoms with E-state index in [4.69, 9.17) is 10.5 Å². The number of halogens is 1. The Balaban J connectivity index is 2.83. The molecule has 3 amide bonds. The lowest BCUT2D eigenvalue weighted by Gasteiger charge is -2.23. The maximum Gasteiger partial charge on any atom is 0.408 e. The molecule has 0 aliphatic heterocycles. The molecule has 29 heavy (non-hydrogen) atoms. The van der Waals surface area contributed by atoms with Gasteiger partial charge in [0.15, 0.2) is 9.84 Å². The van der Waals surface area contributed by atoms with Gasteiger partial charge in [-0.25, -0.2) is 17.6 Å². The minimum Gasteiger partial charge on any atom is -0.444 e. The zero-order valence-electron chi connectivity index (χ0n) is 16.7. The van der Waals surface area contributed by atoms with Gasteiger partial charge in [0.2, 0.25) is 11.8 Å². The number of hydrogen-bond acceptors (Lipinski definition) is 6. The van der Waals surface area contributed by atoms with Crippen LogP contribution in [0.15, 0.2) is 23.1 Å². The van der Waals surface area contributed by atoms with E-state index in [1.54, 1.807) is 20.8 Å². The maximum atomic E-state index is 14.1. The Morgan fingerprint density at radius 1 is 1.24 bits per heavy atom. The molecule has 1 aromatic rings. The van der Waals surface area contributed by atoms with E-state index in [1.165, 1.54) is 12.1 Å². The summed E-state index contributed by atoms with van der Waals surface area (Å²) >= 11 is 0. The smallest absolute Gasteiger partial charge is 0.408 e. The molecule has 1 unspecified atom stereocenters. The van der Waals surface area contributed by atoms with Crippen LogP contribution in [0.3, 0.4) is 0 Å². The van der Waals surface area contributed by atoms with Gasteiger partial charge in [-0.3, -0.25) is 9.59 Å². The van der Waals surface area contributed by atoms with Crippen molar-refractivity contribution in [3.63, 3.8) is 0 Å². The first kappa shape index (κ1) is 24.3. The van der Waals surface area contributed by atoms with Crippen LogP contribution in [0.25, 0.3) is 0 Å². The number of carbonyl (C=O) groups excluding carboxylic acids is 3. The van der Waals surface area contributed by atoms with Crippen LogP contribution in [0.5, 0.6) is 0 Å². The van der Waals surface area contributed by atoms with Gasteiger partial charge in [-0.1, -0.05) is 6.07 Å². The van der Waals surface area contributed by atoms with E-state index in [-0.39, 0.29) is 29.8 Å². The number of nitrogens with two attached hydrogens (primary N) is 1. The summed E-state index contributed by atoms with van der Waals surface area (Å²) in [5.41, 5.74) is 4.35. The van der Waals surface area contributed by atoms with Crippen molar-refractivity contribution in [1.29, 1.82) is 0 Å². The molecule has 0 saturated heterocycles.